The highest BCUT2D eigenvalue weighted by atomic mass is 79.9. The molecule has 0 bridgehead atoms. The highest BCUT2D eigenvalue weighted by molar-refractivity contribution is 9.10. The summed E-state index contributed by atoms with van der Waals surface area (Å²) in [5.41, 5.74) is 0. The second kappa shape index (κ2) is 4.14. The van der Waals surface area contributed by atoms with Crippen molar-refractivity contribution in [3.8, 4) is 5.75 Å². The van der Waals surface area contributed by atoms with E-state index in [1.54, 1.807) is 6.07 Å². The van der Waals surface area contributed by atoms with Gasteiger partial charge in [-0.2, -0.15) is 0 Å². The first-order chi connectivity index (χ1) is 5.69. The van der Waals surface area contributed by atoms with Crippen LogP contribution < -0.4 is 4.74 Å². The molecular weight excluding hydrogens is 243 g/mol. The van der Waals surface area contributed by atoms with E-state index in [1.165, 1.54) is 24.9 Å². The third-order valence-electron chi connectivity index (χ3n) is 1.43. The van der Waals surface area contributed by atoms with Gasteiger partial charge in [-0.1, -0.05) is 0 Å². The normalized spacial score (nSPS) is 10.0. The Hall–Kier alpha value is -0.220. The van der Waals surface area contributed by atoms with E-state index in [9.17, 15) is 4.39 Å². The zero-order valence-electron chi connectivity index (χ0n) is 6.73. The molecule has 1 nitrogen and oxygen atoms in total. The molecule has 1 aromatic carbocycles. The standard InChI is InChI=1S/C8H8BrFOS/c1-11-7-4-6(10)8(12-2)3-5(7)9/h3-4H,1-2H3. The zero-order chi connectivity index (χ0) is 9.14. The lowest BCUT2D eigenvalue weighted by molar-refractivity contribution is 0.407. The van der Waals surface area contributed by atoms with Crippen LogP contribution in [0.15, 0.2) is 21.5 Å². The number of rotatable bonds is 2. The van der Waals surface area contributed by atoms with Crippen molar-refractivity contribution in [2.75, 3.05) is 13.4 Å². The minimum atomic E-state index is -0.248. The summed E-state index contributed by atoms with van der Waals surface area (Å²) in [6.45, 7) is 0. The summed E-state index contributed by atoms with van der Waals surface area (Å²) < 4.78 is 18.8. The van der Waals surface area contributed by atoms with E-state index < -0.39 is 0 Å². The van der Waals surface area contributed by atoms with Crippen LogP contribution in [0.4, 0.5) is 4.39 Å². The van der Waals surface area contributed by atoms with Crippen molar-refractivity contribution in [1.29, 1.82) is 0 Å². The Labute approximate surface area is 83.4 Å². The van der Waals surface area contributed by atoms with E-state index >= 15 is 0 Å². The van der Waals surface area contributed by atoms with Crippen LogP contribution >= 0.6 is 27.7 Å². The molecule has 4 heteroatoms. The van der Waals surface area contributed by atoms with Crippen molar-refractivity contribution in [2.24, 2.45) is 0 Å². The smallest absolute Gasteiger partial charge is 0.140 e. The Morgan fingerprint density at radius 1 is 1.50 bits per heavy atom. The first-order valence-electron chi connectivity index (χ1n) is 3.26. The van der Waals surface area contributed by atoms with Gasteiger partial charge >= 0.3 is 0 Å². The SMILES string of the molecule is COc1cc(F)c(SC)cc1Br. The van der Waals surface area contributed by atoms with Gasteiger partial charge in [-0.15, -0.1) is 11.8 Å². The van der Waals surface area contributed by atoms with Gasteiger partial charge < -0.3 is 4.74 Å². The van der Waals surface area contributed by atoms with Gasteiger partial charge in [0.25, 0.3) is 0 Å². The van der Waals surface area contributed by atoms with Gasteiger partial charge in [-0.05, 0) is 28.3 Å². The van der Waals surface area contributed by atoms with Crippen LogP contribution in [0.3, 0.4) is 0 Å². The van der Waals surface area contributed by atoms with Crippen molar-refractivity contribution in [1.82, 2.24) is 0 Å². The number of thioether (sulfide) groups is 1. The number of methoxy groups -OCH3 is 1. The molecule has 0 saturated heterocycles. The lowest BCUT2D eigenvalue weighted by Gasteiger charge is -2.05. The topological polar surface area (TPSA) is 9.23 Å². The van der Waals surface area contributed by atoms with Crippen LogP contribution in [0.25, 0.3) is 0 Å². The van der Waals surface area contributed by atoms with E-state index in [-0.39, 0.29) is 5.82 Å². The summed E-state index contributed by atoms with van der Waals surface area (Å²) in [6.07, 6.45) is 1.83. The Balaban J connectivity index is 3.16. The summed E-state index contributed by atoms with van der Waals surface area (Å²) in [4.78, 5) is 0.614. The molecule has 0 spiro atoms. The highest BCUT2D eigenvalue weighted by Gasteiger charge is 2.06. The van der Waals surface area contributed by atoms with Gasteiger partial charge in [0.2, 0.25) is 0 Å². The molecule has 66 valence electrons. The first kappa shape index (κ1) is 9.86. The number of halogens is 2. The third-order valence-corrected chi connectivity index (χ3v) is 2.80. The largest absolute Gasteiger partial charge is 0.495 e. The predicted molar refractivity (Wildman–Crippen MR) is 52.4 cm³/mol. The second-order valence-electron chi connectivity index (χ2n) is 2.12. The lowest BCUT2D eigenvalue weighted by atomic mass is 10.3. The van der Waals surface area contributed by atoms with Crippen LogP contribution in [0.2, 0.25) is 0 Å². The van der Waals surface area contributed by atoms with Crippen LogP contribution in [-0.2, 0) is 0 Å². The minimum Gasteiger partial charge on any atom is -0.495 e. The molecule has 12 heavy (non-hydrogen) atoms. The quantitative estimate of drug-likeness (QED) is 0.745. The first-order valence-corrected chi connectivity index (χ1v) is 5.28. The molecule has 0 heterocycles. The summed E-state index contributed by atoms with van der Waals surface area (Å²) in [7, 11) is 1.51. The van der Waals surface area contributed by atoms with Crippen molar-refractivity contribution in [3.05, 3.63) is 22.4 Å². The maximum Gasteiger partial charge on any atom is 0.140 e. The second-order valence-corrected chi connectivity index (χ2v) is 3.82. The van der Waals surface area contributed by atoms with Crippen molar-refractivity contribution >= 4 is 27.7 Å². The van der Waals surface area contributed by atoms with Crippen LogP contribution in [0.1, 0.15) is 0 Å². The predicted octanol–water partition coefficient (Wildman–Crippen LogP) is 3.32. The van der Waals surface area contributed by atoms with Crippen LogP contribution in [0, 0.1) is 5.82 Å². The average molecular weight is 251 g/mol. The average Bonchev–Trinajstić information content (AvgIpc) is 2.08. The van der Waals surface area contributed by atoms with E-state index in [4.69, 9.17) is 4.74 Å². The number of ether oxygens (including phenoxy) is 1. The fourth-order valence-electron chi connectivity index (χ4n) is 0.823. The fourth-order valence-corrected chi connectivity index (χ4v) is 1.97. The number of benzene rings is 1. The summed E-state index contributed by atoms with van der Waals surface area (Å²) in [6, 6.07) is 3.08. The summed E-state index contributed by atoms with van der Waals surface area (Å²) in [5, 5.41) is 0. The highest BCUT2D eigenvalue weighted by Crippen LogP contribution is 2.31. The Morgan fingerprint density at radius 3 is 2.67 bits per heavy atom. The molecular formula is C8H8BrFOS. The lowest BCUT2D eigenvalue weighted by Crippen LogP contribution is -1.88. The van der Waals surface area contributed by atoms with E-state index in [1.807, 2.05) is 6.26 Å². The van der Waals surface area contributed by atoms with Crippen LogP contribution in [0.5, 0.6) is 5.75 Å². The van der Waals surface area contributed by atoms with Gasteiger partial charge in [0, 0.05) is 11.0 Å². The van der Waals surface area contributed by atoms with Gasteiger partial charge in [0.05, 0.1) is 11.6 Å². The molecule has 1 rings (SSSR count). The number of hydrogen-bond donors (Lipinski definition) is 0. The van der Waals surface area contributed by atoms with Crippen molar-refractivity contribution in [2.45, 2.75) is 4.90 Å². The molecule has 0 aliphatic carbocycles. The van der Waals surface area contributed by atoms with E-state index in [0.29, 0.717) is 10.6 Å². The molecule has 0 amide bonds. The maximum absolute atomic E-state index is 13.1. The zero-order valence-corrected chi connectivity index (χ0v) is 9.13. The van der Waals surface area contributed by atoms with Gasteiger partial charge in [-0.25, -0.2) is 4.39 Å². The Morgan fingerprint density at radius 2 is 2.17 bits per heavy atom. The molecule has 0 atom stereocenters. The van der Waals surface area contributed by atoms with Crippen LogP contribution in [-0.4, -0.2) is 13.4 Å². The number of hydrogen-bond acceptors (Lipinski definition) is 2. The summed E-state index contributed by atoms with van der Waals surface area (Å²) in [5.74, 6) is 0.271. The molecule has 0 fully saturated rings. The Kier molecular flexibility index (Phi) is 3.40. The third kappa shape index (κ3) is 1.93. The van der Waals surface area contributed by atoms with Gasteiger partial charge in [0.15, 0.2) is 0 Å². The van der Waals surface area contributed by atoms with E-state index in [2.05, 4.69) is 15.9 Å². The molecule has 0 aliphatic heterocycles. The van der Waals surface area contributed by atoms with E-state index in [0.717, 1.165) is 4.47 Å². The van der Waals surface area contributed by atoms with Gasteiger partial charge in [-0.3, -0.25) is 0 Å². The fraction of sp³-hybridized carbons (Fsp3) is 0.250. The molecule has 1 aromatic rings. The van der Waals surface area contributed by atoms with Gasteiger partial charge in [0.1, 0.15) is 11.6 Å². The molecule has 0 aromatic heterocycles. The molecule has 0 N–H and O–H groups in total. The minimum absolute atomic E-state index is 0.248. The van der Waals surface area contributed by atoms with Crippen molar-refractivity contribution in [3.63, 3.8) is 0 Å². The maximum atomic E-state index is 13.1. The molecule has 0 aliphatic rings. The Bertz CT molecular complexity index is 261. The monoisotopic (exact) mass is 250 g/mol. The van der Waals surface area contributed by atoms with Crippen molar-refractivity contribution < 1.29 is 9.13 Å². The molecule has 0 unspecified atom stereocenters. The molecule has 0 saturated carbocycles. The summed E-state index contributed by atoms with van der Waals surface area (Å²) >= 11 is 4.65. The molecule has 0 radical (unpaired) electrons.